The van der Waals surface area contributed by atoms with Gasteiger partial charge in [0.05, 0.1) is 0 Å². The predicted octanol–water partition coefficient (Wildman–Crippen LogP) is 3.19. The fraction of sp³-hybridized carbons (Fsp3) is 0.917. The summed E-state index contributed by atoms with van der Waals surface area (Å²) in [5.74, 6) is 0.903. The molecule has 0 saturated carbocycles. The second-order valence-corrected chi connectivity index (χ2v) is 4.67. The van der Waals surface area contributed by atoms with E-state index in [9.17, 15) is 4.79 Å². The first-order valence-electron chi connectivity index (χ1n) is 6.15. The van der Waals surface area contributed by atoms with Gasteiger partial charge in [0.25, 0.3) is 0 Å². The highest BCUT2D eigenvalue weighted by Gasteiger charge is 2.23. The zero-order valence-electron chi connectivity index (χ0n) is 9.67. The van der Waals surface area contributed by atoms with Gasteiger partial charge in [0, 0.05) is 24.9 Å². The van der Waals surface area contributed by atoms with Crippen LogP contribution in [-0.2, 0) is 4.79 Å². The molecule has 88 valence electrons. The Hall–Kier alpha value is -0.240. The van der Waals surface area contributed by atoms with Crippen molar-refractivity contribution in [2.75, 3.05) is 12.4 Å². The molecule has 0 N–H and O–H groups in total. The minimum atomic E-state index is 0.310. The van der Waals surface area contributed by atoms with Gasteiger partial charge >= 0.3 is 0 Å². The van der Waals surface area contributed by atoms with Gasteiger partial charge < -0.3 is 4.90 Å². The normalized spacial score (nSPS) is 22.5. The second kappa shape index (κ2) is 7.10. The lowest BCUT2D eigenvalue weighted by Gasteiger charge is -2.29. The van der Waals surface area contributed by atoms with Crippen molar-refractivity contribution in [2.45, 2.75) is 57.9 Å². The number of likely N-dealkylation sites (tertiary alicyclic amines) is 1. The maximum atomic E-state index is 11.9. The molecule has 0 radical (unpaired) electrons. The molecule has 15 heavy (non-hydrogen) atoms. The summed E-state index contributed by atoms with van der Waals surface area (Å²) in [6.07, 6.45) is 7.43. The molecule has 2 nitrogen and oxygen atoms in total. The quantitative estimate of drug-likeness (QED) is 0.681. The first-order valence-corrected chi connectivity index (χ1v) is 6.68. The fourth-order valence-corrected chi connectivity index (χ4v) is 2.43. The Kier molecular flexibility index (Phi) is 6.07. The van der Waals surface area contributed by atoms with E-state index in [1.807, 2.05) is 0 Å². The Bertz CT molecular complexity index is 196. The second-order valence-electron chi connectivity index (χ2n) is 4.29. The molecule has 1 saturated heterocycles. The maximum absolute atomic E-state index is 11.9. The van der Waals surface area contributed by atoms with Crippen molar-refractivity contribution in [1.29, 1.82) is 0 Å². The Balaban J connectivity index is 2.49. The highest BCUT2D eigenvalue weighted by atomic mass is 35.5. The van der Waals surface area contributed by atoms with Crippen molar-refractivity contribution >= 4 is 17.5 Å². The monoisotopic (exact) mass is 231 g/mol. The van der Waals surface area contributed by atoms with Gasteiger partial charge in [-0.15, -0.1) is 11.6 Å². The molecular weight excluding hydrogens is 210 g/mol. The van der Waals surface area contributed by atoms with Crippen LogP contribution in [0.25, 0.3) is 0 Å². The molecular formula is C12H22ClNO. The molecule has 1 amide bonds. The number of hydrogen-bond donors (Lipinski definition) is 0. The lowest BCUT2D eigenvalue weighted by molar-refractivity contribution is -0.133. The van der Waals surface area contributed by atoms with Gasteiger partial charge in [-0.05, 0) is 25.7 Å². The van der Waals surface area contributed by atoms with Crippen LogP contribution in [0.15, 0.2) is 0 Å². The Labute approximate surface area is 98.0 Å². The Morgan fingerprint density at radius 3 is 2.87 bits per heavy atom. The van der Waals surface area contributed by atoms with E-state index in [1.54, 1.807) is 0 Å². The Morgan fingerprint density at radius 1 is 1.40 bits per heavy atom. The van der Waals surface area contributed by atoms with Gasteiger partial charge in [-0.3, -0.25) is 4.79 Å². The zero-order chi connectivity index (χ0) is 11.1. The van der Waals surface area contributed by atoms with Crippen LogP contribution in [-0.4, -0.2) is 29.3 Å². The zero-order valence-corrected chi connectivity index (χ0v) is 10.4. The summed E-state index contributed by atoms with van der Waals surface area (Å²) in [7, 11) is 0. The van der Waals surface area contributed by atoms with Gasteiger partial charge in [0.2, 0.25) is 5.91 Å². The van der Waals surface area contributed by atoms with Crippen LogP contribution >= 0.6 is 11.6 Å². The van der Waals surface area contributed by atoms with Gasteiger partial charge in [-0.2, -0.15) is 0 Å². The third-order valence-corrected chi connectivity index (χ3v) is 3.46. The number of carbonyl (C=O) groups excluding carboxylic acids is 1. The summed E-state index contributed by atoms with van der Waals surface area (Å²) in [5.41, 5.74) is 0. The summed E-state index contributed by atoms with van der Waals surface area (Å²) >= 11 is 5.62. The van der Waals surface area contributed by atoms with Crippen molar-refractivity contribution < 1.29 is 4.79 Å². The van der Waals surface area contributed by atoms with Gasteiger partial charge in [-0.1, -0.05) is 19.8 Å². The van der Waals surface area contributed by atoms with Crippen LogP contribution in [0.2, 0.25) is 0 Å². The molecule has 1 unspecified atom stereocenters. The average Bonchev–Trinajstić information content (AvgIpc) is 2.50. The van der Waals surface area contributed by atoms with Crippen molar-refractivity contribution in [3.8, 4) is 0 Å². The molecule has 0 aromatic rings. The molecule has 0 aliphatic carbocycles. The fourth-order valence-electron chi connectivity index (χ4n) is 2.29. The SMILES string of the molecule is CCC1CCCCCN1C(=O)CCCCl. The van der Waals surface area contributed by atoms with E-state index in [0.29, 0.717) is 24.2 Å². The summed E-state index contributed by atoms with van der Waals surface area (Å²) in [4.78, 5) is 14.0. The number of halogens is 1. The molecule has 1 fully saturated rings. The van der Waals surface area contributed by atoms with Crippen LogP contribution in [0.1, 0.15) is 51.9 Å². The molecule has 0 aromatic carbocycles. The van der Waals surface area contributed by atoms with Gasteiger partial charge in [0.1, 0.15) is 0 Å². The van der Waals surface area contributed by atoms with Gasteiger partial charge in [0.15, 0.2) is 0 Å². The van der Waals surface area contributed by atoms with E-state index in [0.717, 1.165) is 19.4 Å². The van der Waals surface area contributed by atoms with E-state index in [4.69, 9.17) is 11.6 Å². The molecule has 3 heteroatoms. The number of carbonyl (C=O) groups is 1. The first-order chi connectivity index (χ1) is 7.29. The van der Waals surface area contributed by atoms with Crippen LogP contribution in [0.5, 0.6) is 0 Å². The van der Waals surface area contributed by atoms with Crippen LogP contribution < -0.4 is 0 Å². The third-order valence-electron chi connectivity index (χ3n) is 3.19. The largest absolute Gasteiger partial charge is 0.340 e. The van der Waals surface area contributed by atoms with Crippen molar-refractivity contribution in [2.24, 2.45) is 0 Å². The van der Waals surface area contributed by atoms with Crippen LogP contribution in [0.3, 0.4) is 0 Å². The third kappa shape index (κ3) is 4.02. The molecule has 0 aromatic heterocycles. The minimum Gasteiger partial charge on any atom is -0.340 e. The van der Waals surface area contributed by atoms with Crippen molar-refractivity contribution in [1.82, 2.24) is 4.90 Å². The van der Waals surface area contributed by atoms with E-state index in [1.165, 1.54) is 25.7 Å². The lowest BCUT2D eigenvalue weighted by atomic mass is 10.1. The minimum absolute atomic E-state index is 0.310. The smallest absolute Gasteiger partial charge is 0.222 e. The van der Waals surface area contributed by atoms with Crippen LogP contribution in [0.4, 0.5) is 0 Å². The number of rotatable bonds is 4. The molecule has 1 rings (SSSR count). The van der Waals surface area contributed by atoms with E-state index >= 15 is 0 Å². The molecule has 1 aliphatic heterocycles. The highest BCUT2D eigenvalue weighted by Crippen LogP contribution is 2.20. The molecule has 0 bridgehead atoms. The molecule has 1 aliphatic rings. The maximum Gasteiger partial charge on any atom is 0.222 e. The molecule has 1 heterocycles. The number of amides is 1. The lowest BCUT2D eigenvalue weighted by Crippen LogP contribution is -2.39. The number of hydrogen-bond acceptors (Lipinski definition) is 1. The summed E-state index contributed by atoms with van der Waals surface area (Å²) in [6, 6.07) is 0.482. The van der Waals surface area contributed by atoms with E-state index in [-0.39, 0.29) is 0 Å². The van der Waals surface area contributed by atoms with Gasteiger partial charge in [-0.25, -0.2) is 0 Å². The average molecular weight is 232 g/mol. The molecule has 1 atom stereocenters. The predicted molar refractivity (Wildman–Crippen MR) is 64.2 cm³/mol. The van der Waals surface area contributed by atoms with E-state index in [2.05, 4.69) is 11.8 Å². The number of nitrogens with zero attached hydrogens (tertiary/aromatic N) is 1. The van der Waals surface area contributed by atoms with Crippen LogP contribution in [0, 0.1) is 0 Å². The van der Waals surface area contributed by atoms with E-state index < -0.39 is 0 Å². The summed E-state index contributed by atoms with van der Waals surface area (Å²) < 4.78 is 0. The first kappa shape index (κ1) is 12.8. The topological polar surface area (TPSA) is 20.3 Å². The number of alkyl halides is 1. The molecule has 0 spiro atoms. The summed E-state index contributed by atoms with van der Waals surface area (Å²) in [6.45, 7) is 3.14. The summed E-state index contributed by atoms with van der Waals surface area (Å²) in [5, 5.41) is 0. The van der Waals surface area contributed by atoms with Crippen molar-refractivity contribution in [3.63, 3.8) is 0 Å². The standard InChI is InChI=1S/C12H22ClNO/c1-2-11-7-4-3-5-10-14(11)12(15)8-6-9-13/h11H,2-10H2,1H3. The highest BCUT2D eigenvalue weighted by molar-refractivity contribution is 6.17. The van der Waals surface area contributed by atoms with Crippen molar-refractivity contribution in [3.05, 3.63) is 0 Å². The Morgan fingerprint density at radius 2 is 2.20 bits per heavy atom.